The molecule has 19 heavy (non-hydrogen) atoms. The fraction of sp³-hybridized carbons (Fsp3) is 0.385. The lowest BCUT2D eigenvalue weighted by molar-refractivity contribution is -0.119. The largest absolute Gasteiger partial charge is 0.409 e. The topological polar surface area (TPSA) is 87.7 Å². The number of anilines is 1. The number of nitrogens with one attached hydrogen (secondary N) is 1. The lowest BCUT2D eigenvalue weighted by Gasteiger charge is -2.12. The van der Waals surface area contributed by atoms with Gasteiger partial charge < -0.3 is 16.3 Å². The van der Waals surface area contributed by atoms with Gasteiger partial charge in [0.05, 0.1) is 5.69 Å². The first-order valence-corrected chi connectivity index (χ1v) is 6.99. The van der Waals surface area contributed by atoms with E-state index in [1.807, 2.05) is 0 Å². The van der Waals surface area contributed by atoms with Gasteiger partial charge in [0.15, 0.2) is 5.84 Å². The van der Waals surface area contributed by atoms with Crippen LogP contribution in [-0.2, 0) is 4.79 Å². The van der Waals surface area contributed by atoms with E-state index in [4.69, 9.17) is 10.9 Å². The van der Waals surface area contributed by atoms with Crippen molar-refractivity contribution in [3.63, 3.8) is 0 Å². The first kappa shape index (κ1) is 13.9. The van der Waals surface area contributed by atoms with E-state index in [1.165, 1.54) is 0 Å². The number of rotatable bonds is 3. The highest BCUT2D eigenvalue weighted by Crippen LogP contribution is 2.28. The monoisotopic (exact) mass is 325 g/mol. The molecule has 2 rings (SSSR count). The molecule has 0 heterocycles. The molecule has 0 aromatic heterocycles. The SMILES string of the molecule is N/C(=N/O)c1ccc(NC(=O)C2CCCC2)c(Br)c1. The van der Waals surface area contributed by atoms with Crippen molar-refractivity contribution in [2.24, 2.45) is 16.8 Å². The summed E-state index contributed by atoms with van der Waals surface area (Å²) < 4.78 is 0.711. The lowest BCUT2D eigenvalue weighted by atomic mass is 10.1. The maximum Gasteiger partial charge on any atom is 0.227 e. The highest BCUT2D eigenvalue weighted by atomic mass is 79.9. The molecule has 0 aliphatic heterocycles. The number of hydrogen-bond donors (Lipinski definition) is 3. The lowest BCUT2D eigenvalue weighted by Crippen LogP contribution is -2.20. The van der Waals surface area contributed by atoms with E-state index in [0.717, 1.165) is 25.7 Å². The Labute approximate surface area is 120 Å². The first-order valence-electron chi connectivity index (χ1n) is 6.20. The van der Waals surface area contributed by atoms with Crippen LogP contribution in [0.3, 0.4) is 0 Å². The molecule has 1 saturated carbocycles. The summed E-state index contributed by atoms with van der Waals surface area (Å²) in [5, 5.41) is 14.5. The zero-order valence-electron chi connectivity index (χ0n) is 10.4. The van der Waals surface area contributed by atoms with Crippen molar-refractivity contribution < 1.29 is 10.0 Å². The molecule has 1 aliphatic carbocycles. The van der Waals surface area contributed by atoms with E-state index in [1.54, 1.807) is 18.2 Å². The summed E-state index contributed by atoms with van der Waals surface area (Å²) in [4.78, 5) is 12.0. The molecular weight excluding hydrogens is 310 g/mol. The fourth-order valence-corrected chi connectivity index (χ4v) is 2.73. The number of nitrogens with zero attached hydrogens (tertiary/aromatic N) is 1. The molecule has 0 atom stereocenters. The van der Waals surface area contributed by atoms with Gasteiger partial charge in [-0.1, -0.05) is 18.0 Å². The van der Waals surface area contributed by atoms with Crippen LogP contribution in [0.1, 0.15) is 31.2 Å². The molecular formula is C13H16BrN3O2. The van der Waals surface area contributed by atoms with Gasteiger partial charge in [-0.15, -0.1) is 0 Å². The van der Waals surface area contributed by atoms with Crippen molar-refractivity contribution in [3.8, 4) is 0 Å². The van der Waals surface area contributed by atoms with Crippen molar-refractivity contribution in [2.75, 3.05) is 5.32 Å². The molecule has 6 heteroatoms. The Morgan fingerprint density at radius 2 is 2.11 bits per heavy atom. The molecule has 0 spiro atoms. The second-order valence-electron chi connectivity index (χ2n) is 4.65. The van der Waals surface area contributed by atoms with Crippen LogP contribution in [0.2, 0.25) is 0 Å². The van der Waals surface area contributed by atoms with Crippen molar-refractivity contribution in [1.82, 2.24) is 0 Å². The van der Waals surface area contributed by atoms with Crippen LogP contribution in [-0.4, -0.2) is 17.0 Å². The van der Waals surface area contributed by atoms with Gasteiger partial charge in [-0.05, 0) is 47.0 Å². The second kappa shape index (κ2) is 6.06. The van der Waals surface area contributed by atoms with Crippen molar-refractivity contribution >= 4 is 33.4 Å². The molecule has 4 N–H and O–H groups in total. The summed E-state index contributed by atoms with van der Waals surface area (Å²) >= 11 is 3.37. The first-order chi connectivity index (χ1) is 9.11. The molecule has 1 fully saturated rings. The normalized spacial score (nSPS) is 16.6. The minimum atomic E-state index is 0.0365. The molecule has 102 valence electrons. The number of carbonyl (C=O) groups excluding carboxylic acids is 1. The Morgan fingerprint density at radius 3 is 2.68 bits per heavy atom. The van der Waals surface area contributed by atoms with Gasteiger partial charge in [0.25, 0.3) is 0 Å². The van der Waals surface area contributed by atoms with Gasteiger partial charge in [-0.25, -0.2) is 0 Å². The highest BCUT2D eigenvalue weighted by Gasteiger charge is 2.23. The zero-order chi connectivity index (χ0) is 13.8. The van der Waals surface area contributed by atoms with Gasteiger partial charge in [0.2, 0.25) is 5.91 Å². The van der Waals surface area contributed by atoms with E-state index in [-0.39, 0.29) is 17.7 Å². The number of hydrogen-bond acceptors (Lipinski definition) is 3. The molecule has 5 nitrogen and oxygen atoms in total. The average Bonchev–Trinajstić information content (AvgIpc) is 2.94. The highest BCUT2D eigenvalue weighted by molar-refractivity contribution is 9.10. The van der Waals surface area contributed by atoms with Crippen LogP contribution in [0, 0.1) is 5.92 Å². The van der Waals surface area contributed by atoms with Crippen LogP contribution >= 0.6 is 15.9 Å². The van der Waals surface area contributed by atoms with Gasteiger partial charge in [0.1, 0.15) is 0 Å². The molecule has 1 aliphatic rings. The molecule has 1 aromatic carbocycles. The third-order valence-corrected chi connectivity index (χ3v) is 4.01. The van der Waals surface area contributed by atoms with Crippen molar-refractivity contribution in [3.05, 3.63) is 28.2 Å². The third-order valence-electron chi connectivity index (χ3n) is 3.36. The maximum atomic E-state index is 12.0. The molecule has 1 amide bonds. The number of halogens is 1. The Bertz CT molecular complexity index is 511. The number of nitrogens with two attached hydrogens (primary N) is 1. The van der Waals surface area contributed by atoms with E-state index in [0.29, 0.717) is 15.7 Å². The van der Waals surface area contributed by atoms with Crippen molar-refractivity contribution in [2.45, 2.75) is 25.7 Å². The fourth-order valence-electron chi connectivity index (χ4n) is 2.26. The predicted octanol–water partition coefficient (Wildman–Crippen LogP) is 2.67. The number of oxime groups is 1. The molecule has 0 saturated heterocycles. The molecule has 0 unspecified atom stereocenters. The van der Waals surface area contributed by atoms with Crippen LogP contribution < -0.4 is 11.1 Å². The Kier molecular flexibility index (Phi) is 4.42. The smallest absolute Gasteiger partial charge is 0.227 e. The van der Waals surface area contributed by atoms with E-state index in [9.17, 15) is 4.79 Å². The summed E-state index contributed by atoms with van der Waals surface area (Å²) in [6.45, 7) is 0. The van der Waals surface area contributed by atoms with Crippen LogP contribution in [0.15, 0.2) is 27.8 Å². The Hall–Kier alpha value is -1.56. The summed E-state index contributed by atoms with van der Waals surface area (Å²) in [5.41, 5.74) is 6.80. The van der Waals surface area contributed by atoms with Crippen molar-refractivity contribution in [1.29, 1.82) is 0 Å². The minimum Gasteiger partial charge on any atom is -0.409 e. The molecule has 1 aromatic rings. The third kappa shape index (κ3) is 3.26. The Morgan fingerprint density at radius 1 is 1.42 bits per heavy atom. The van der Waals surface area contributed by atoms with Gasteiger partial charge in [0, 0.05) is 16.0 Å². The summed E-state index contributed by atoms with van der Waals surface area (Å²) in [6, 6.07) is 5.15. The van der Waals surface area contributed by atoms with Gasteiger partial charge in [-0.3, -0.25) is 4.79 Å². The number of amides is 1. The average molecular weight is 326 g/mol. The van der Waals surface area contributed by atoms with E-state index in [2.05, 4.69) is 26.4 Å². The number of benzene rings is 1. The zero-order valence-corrected chi connectivity index (χ0v) is 12.0. The van der Waals surface area contributed by atoms with Crippen LogP contribution in [0.5, 0.6) is 0 Å². The van der Waals surface area contributed by atoms with E-state index >= 15 is 0 Å². The van der Waals surface area contributed by atoms with Crippen LogP contribution in [0.25, 0.3) is 0 Å². The molecule has 0 radical (unpaired) electrons. The summed E-state index contributed by atoms with van der Waals surface area (Å²) in [5.74, 6) is 0.222. The quantitative estimate of drug-likeness (QED) is 0.345. The van der Waals surface area contributed by atoms with Gasteiger partial charge in [-0.2, -0.15) is 0 Å². The Balaban J connectivity index is 2.10. The number of amidine groups is 1. The summed E-state index contributed by atoms with van der Waals surface area (Å²) in [7, 11) is 0. The number of carbonyl (C=O) groups is 1. The minimum absolute atomic E-state index is 0.0365. The summed E-state index contributed by atoms with van der Waals surface area (Å²) in [6.07, 6.45) is 4.18. The maximum absolute atomic E-state index is 12.0. The molecule has 0 bridgehead atoms. The van der Waals surface area contributed by atoms with E-state index < -0.39 is 0 Å². The second-order valence-corrected chi connectivity index (χ2v) is 5.50. The van der Waals surface area contributed by atoms with Gasteiger partial charge >= 0.3 is 0 Å². The standard InChI is InChI=1S/C13H16BrN3O2/c14-10-7-9(12(15)17-19)5-6-11(10)16-13(18)8-3-1-2-4-8/h5-8,19H,1-4H2,(H2,15,17)(H,16,18). The van der Waals surface area contributed by atoms with Crippen LogP contribution in [0.4, 0.5) is 5.69 Å². The predicted molar refractivity (Wildman–Crippen MR) is 77.2 cm³/mol.